The molecular formula is C18H18BrNO2. The first-order valence-corrected chi connectivity index (χ1v) is 7.86. The maximum atomic E-state index is 12.2. The third kappa shape index (κ3) is 4.46. The Labute approximate surface area is 139 Å². The monoisotopic (exact) mass is 359 g/mol. The van der Waals surface area contributed by atoms with Crippen LogP contribution in [0.3, 0.4) is 0 Å². The molecule has 114 valence electrons. The number of ether oxygens (including phenoxy) is 1. The van der Waals surface area contributed by atoms with Gasteiger partial charge in [-0.15, -0.1) is 0 Å². The Morgan fingerprint density at radius 2 is 1.86 bits per heavy atom. The van der Waals surface area contributed by atoms with Crippen molar-refractivity contribution in [2.24, 2.45) is 0 Å². The molecule has 0 aromatic heterocycles. The van der Waals surface area contributed by atoms with Crippen LogP contribution in [0, 0.1) is 0 Å². The van der Waals surface area contributed by atoms with Crippen LogP contribution in [0.15, 0.2) is 64.8 Å². The molecule has 0 spiro atoms. The molecule has 0 aliphatic carbocycles. The zero-order valence-corrected chi connectivity index (χ0v) is 14.2. The van der Waals surface area contributed by atoms with Crippen LogP contribution in [0.1, 0.15) is 24.2 Å². The Balaban J connectivity index is 2.13. The van der Waals surface area contributed by atoms with Gasteiger partial charge in [-0.3, -0.25) is 4.79 Å². The van der Waals surface area contributed by atoms with Gasteiger partial charge in [-0.1, -0.05) is 28.1 Å². The lowest BCUT2D eigenvalue weighted by Crippen LogP contribution is -2.03. The van der Waals surface area contributed by atoms with Crippen molar-refractivity contribution in [2.45, 2.75) is 13.8 Å². The van der Waals surface area contributed by atoms with E-state index < -0.39 is 0 Å². The van der Waals surface area contributed by atoms with Crippen molar-refractivity contribution < 1.29 is 9.53 Å². The Hall–Kier alpha value is -2.07. The summed E-state index contributed by atoms with van der Waals surface area (Å²) in [5.41, 5.74) is 2.27. The number of hydrogen-bond donors (Lipinski definition) is 1. The Kier molecular flexibility index (Phi) is 5.78. The largest absolute Gasteiger partial charge is 0.492 e. The first kappa shape index (κ1) is 16.3. The van der Waals surface area contributed by atoms with Crippen LogP contribution >= 0.6 is 15.9 Å². The smallest absolute Gasteiger partial charge is 0.187 e. The number of ketones is 1. The van der Waals surface area contributed by atoms with E-state index in [0.29, 0.717) is 12.2 Å². The van der Waals surface area contributed by atoms with E-state index in [1.165, 1.54) is 0 Å². The highest BCUT2D eigenvalue weighted by Crippen LogP contribution is 2.25. The predicted octanol–water partition coefficient (Wildman–Crippen LogP) is 5.05. The number of benzene rings is 2. The van der Waals surface area contributed by atoms with Crippen LogP contribution < -0.4 is 10.1 Å². The highest BCUT2D eigenvalue weighted by Gasteiger charge is 2.05. The van der Waals surface area contributed by atoms with E-state index >= 15 is 0 Å². The van der Waals surface area contributed by atoms with E-state index in [1.807, 2.05) is 50.2 Å². The summed E-state index contributed by atoms with van der Waals surface area (Å²) in [5.74, 6) is 0.736. The van der Waals surface area contributed by atoms with Crippen LogP contribution in [0.2, 0.25) is 0 Å². The van der Waals surface area contributed by atoms with Crippen LogP contribution in [0.4, 0.5) is 5.69 Å². The molecular weight excluding hydrogens is 342 g/mol. The number of para-hydroxylation sites is 2. The molecule has 0 aliphatic heterocycles. The Bertz CT molecular complexity index is 678. The molecule has 3 nitrogen and oxygen atoms in total. The van der Waals surface area contributed by atoms with Crippen molar-refractivity contribution in [3.63, 3.8) is 0 Å². The van der Waals surface area contributed by atoms with E-state index in [1.54, 1.807) is 18.2 Å². The van der Waals surface area contributed by atoms with Crippen LogP contribution in [-0.2, 0) is 0 Å². The SMILES string of the molecule is CCOc1ccccc1NC(C)=CC(=O)c1ccc(Br)cc1. The maximum Gasteiger partial charge on any atom is 0.187 e. The van der Waals surface area contributed by atoms with E-state index in [4.69, 9.17) is 4.74 Å². The van der Waals surface area contributed by atoms with E-state index in [-0.39, 0.29) is 5.78 Å². The molecule has 2 aromatic carbocycles. The molecule has 0 heterocycles. The fourth-order valence-electron chi connectivity index (χ4n) is 1.99. The second-order valence-electron chi connectivity index (χ2n) is 4.75. The van der Waals surface area contributed by atoms with Crippen LogP contribution in [0.5, 0.6) is 5.75 Å². The molecule has 0 saturated carbocycles. The Morgan fingerprint density at radius 1 is 1.18 bits per heavy atom. The summed E-state index contributed by atoms with van der Waals surface area (Å²) in [7, 11) is 0. The highest BCUT2D eigenvalue weighted by molar-refractivity contribution is 9.10. The standard InChI is InChI=1S/C18H18BrNO2/c1-3-22-18-7-5-4-6-16(18)20-13(2)12-17(21)14-8-10-15(19)11-9-14/h4-12,20H,3H2,1-2H3. The van der Waals surface area contributed by atoms with E-state index in [2.05, 4.69) is 21.2 Å². The van der Waals surface area contributed by atoms with Crippen molar-refractivity contribution in [2.75, 3.05) is 11.9 Å². The zero-order chi connectivity index (χ0) is 15.9. The number of allylic oxidation sites excluding steroid dienone is 2. The van der Waals surface area contributed by atoms with Gasteiger partial charge < -0.3 is 10.1 Å². The van der Waals surface area contributed by atoms with Gasteiger partial charge in [0, 0.05) is 21.8 Å². The topological polar surface area (TPSA) is 38.3 Å². The number of rotatable bonds is 6. The summed E-state index contributed by atoms with van der Waals surface area (Å²) in [5, 5.41) is 3.21. The summed E-state index contributed by atoms with van der Waals surface area (Å²) in [4.78, 5) is 12.2. The molecule has 22 heavy (non-hydrogen) atoms. The van der Waals surface area contributed by atoms with Gasteiger partial charge in [-0.05, 0) is 50.2 Å². The van der Waals surface area contributed by atoms with Gasteiger partial charge in [0.1, 0.15) is 5.75 Å². The molecule has 2 aromatic rings. The van der Waals surface area contributed by atoms with Gasteiger partial charge in [-0.2, -0.15) is 0 Å². The summed E-state index contributed by atoms with van der Waals surface area (Å²) >= 11 is 3.36. The molecule has 0 atom stereocenters. The third-order valence-corrected chi connectivity index (χ3v) is 3.52. The number of hydrogen-bond acceptors (Lipinski definition) is 3. The van der Waals surface area contributed by atoms with E-state index in [0.717, 1.165) is 21.6 Å². The molecule has 1 N–H and O–H groups in total. The molecule has 0 amide bonds. The molecule has 4 heteroatoms. The molecule has 2 rings (SSSR count). The fourth-order valence-corrected chi connectivity index (χ4v) is 2.26. The first-order valence-electron chi connectivity index (χ1n) is 7.07. The van der Waals surface area contributed by atoms with Crippen LogP contribution in [-0.4, -0.2) is 12.4 Å². The first-order chi connectivity index (χ1) is 10.6. The summed E-state index contributed by atoms with van der Waals surface area (Å²) in [6.07, 6.45) is 1.59. The number of carbonyl (C=O) groups is 1. The lowest BCUT2D eigenvalue weighted by Gasteiger charge is -2.12. The minimum Gasteiger partial charge on any atom is -0.492 e. The quantitative estimate of drug-likeness (QED) is 0.579. The van der Waals surface area contributed by atoms with Crippen molar-refractivity contribution in [1.82, 2.24) is 0 Å². The summed E-state index contributed by atoms with van der Waals surface area (Å²) < 4.78 is 6.51. The van der Waals surface area contributed by atoms with Gasteiger partial charge in [0.05, 0.1) is 12.3 Å². The van der Waals surface area contributed by atoms with Crippen molar-refractivity contribution >= 4 is 27.4 Å². The molecule has 0 unspecified atom stereocenters. The molecule has 0 radical (unpaired) electrons. The Morgan fingerprint density at radius 3 is 2.55 bits per heavy atom. The average Bonchev–Trinajstić information content (AvgIpc) is 2.50. The lowest BCUT2D eigenvalue weighted by molar-refractivity contribution is 0.104. The van der Waals surface area contributed by atoms with Gasteiger partial charge in [0.2, 0.25) is 0 Å². The molecule has 0 bridgehead atoms. The zero-order valence-electron chi connectivity index (χ0n) is 12.6. The van der Waals surface area contributed by atoms with Crippen molar-refractivity contribution in [1.29, 1.82) is 0 Å². The van der Waals surface area contributed by atoms with Gasteiger partial charge >= 0.3 is 0 Å². The molecule has 0 fully saturated rings. The summed E-state index contributed by atoms with van der Waals surface area (Å²) in [6, 6.07) is 15.0. The van der Waals surface area contributed by atoms with Crippen molar-refractivity contribution in [3.8, 4) is 5.75 Å². The second kappa shape index (κ2) is 7.80. The number of halogens is 1. The van der Waals surface area contributed by atoms with Gasteiger partial charge in [0.25, 0.3) is 0 Å². The second-order valence-corrected chi connectivity index (χ2v) is 5.67. The number of nitrogens with one attached hydrogen (secondary N) is 1. The van der Waals surface area contributed by atoms with Gasteiger partial charge in [-0.25, -0.2) is 0 Å². The number of anilines is 1. The minimum atomic E-state index is -0.0357. The maximum absolute atomic E-state index is 12.2. The summed E-state index contributed by atoms with van der Waals surface area (Å²) in [6.45, 7) is 4.40. The van der Waals surface area contributed by atoms with Crippen LogP contribution in [0.25, 0.3) is 0 Å². The molecule has 0 saturated heterocycles. The number of carbonyl (C=O) groups excluding carboxylic acids is 1. The van der Waals surface area contributed by atoms with E-state index in [9.17, 15) is 4.79 Å². The minimum absolute atomic E-state index is 0.0357. The third-order valence-electron chi connectivity index (χ3n) is 3.00. The van der Waals surface area contributed by atoms with Gasteiger partial charge in [0.15, 0.2) is 5.78 Å². The highest BCUT2D eigenvalue weighted by atomic mass is 79.9. The normalized spacial score (nSPS) is 11.1. The predicted molar refractivity (Wildman–Crippen MR) is 93.5 cm³/mol. The average molecular weight is 360 g/mol. The fraction of sp³-hybridized carbons (Fsp3) is 0.167. The van der Waals surface area contributed by atoms with Crippen molar-refractivity contribution in [3.05, 3.63) is 70.3 Å². The lowest BCUT2D eigenvalue weighted by atomic mass is 10.1. The molecule has 0 aliphatic rings.